The molecule has 0 unspecified atom stereocenters. The van der Waals surface area contributed by atoms with Crippen molar-refractivity contribution in [2.24, 2.45) is 5.92 Å². The van der Waals surface area contributed by atoms with Crippen LogP contribution in [0.5, 0.6) is 0 Å². The number of allylic oxidation sites excluding steroid dienone is 2. The number of nitrogens with one attached hydrogen (secondary N) is 1. The maximum Gasteiger partial charge on any atom is 0.271 e. The van der Waals surface area contributed by atoms with Crippen LogP contribution in [0.4, 0.5) is 11.4 Å². The molecule has 5 heteroatoms. The highest BCUT2D eigenvalue weighted by Gasteiger charge is 2.40. The first-order valence-corrected chi connectivity index (χ1v) is 9.30. The Hall–Kier alpha value is -3.65. The summed E-state index contributed by atoms with van der Waals surface area (Å²) in [7, 11) is 0. The average molecular weight is 367 g/mol. The summed E-state index contributed by atoms with van der Waals surface area (Å²) in [6, 6.07) is 19.8. The molecule has 0 amide bonds. The van der Waals surface area contributed by atoms with E-state index in [2.05, 4.69) is 53.9 Å². The van der Waals surface area contributed by atoms with Gasteiger partial charge in [0.25, 0.3) is 5.69 Å². The second kappa shape index (κ2) is 6.21. The lowest BCUT2D eigenvalue weighted by Gasteiger charge is -2.38. The predicted molar refractivity (Wildman–Crippen MR) is 108 cm³/mol. The van der Waals surface area contributed by atoms with Gasteiger partial charge < -0.3 is 5.32 Å². The van der Waals surface area contributed by atoms with E-state index in [0.29, 0.717) is 5.56 Å². The molecule has 3 atom stereocenters. The van der Waals surface area contributed by atoms with Crippen molar-refractivity contribution in [3.8, 4) is 6.07 Å². The van der Waals surface area contributed by atoms with Crippen LogP contribution >= 0.6 is 0 Å². The van der Waals surface area contributed by atoms with Gasteiger partial charge in [-0.15, -0.1) is 0 Å². The lowest BCUT2D eigenvalue weighted by atomic mass is 9.75. The topological polar surface area (TPSA) is 79.0 Å². The van der Waals surface area contributed by atoms with E-state index in [1.165, 1.54) is 22.4 Å². The lowest BCUT2D eigenvalue weighted by molar-refractivity contribution is -0.384. The number of benzene rings is 3. The Balaban J connectivity index is 1.71. The third-order valence-corrected chi connectivity index (χ3v) is 5.94. The standard InChI is InChI=1S/C23H17N3O2/c24-13-15-11-16(26(27)28)12-21-18-8-4-10-20(18)23(25-22(15)21)19-9-3-6-14-5-1-2-7-17(14)19/h1-9,11-12,18,20,23,25H,10H2/t18-,20+,23+/m1/s1. The van der Waals surface area contributed by atoms with E-state index < -0.39 is 4.92 Å². The summed E-state index contributed by atoms with van der Waals surface area (Å²) < 4.78 is 0. The maximum absolute atomic E-state index is 11.3. The predicted octanol–water partition coefficient (Wildman–Crippen LogP) is 5.45. The van der Waals surface area contributed by atoms with E-state index in [1.807, 2.05) is 12.1 Å². The van der Waals surface area contributed by atoms with Crippen LogP contribution in [0.3, 0.4) is 0 Å². The summed E-state index contributed by atoms with van der Waals surface area (Å²) in [5.41, 5.74) is 3.07. The monoisotopic (exact) mass is 367 g/mol. The van der Waals surface area contributed by atoms with Gasteiger partial charge in [-0.3, -0.25) is 10.1 Å². The number of rotatable bonds is 2. The Bertz CT molecular complexity index is 1190. The molecule has 0 spiro atoms. The Morgan fingerprint density at radius 1 is 1.11 bits per heavy atom. The van der Waals surface area contributed by atoms with Crippen LogP contribution in [0.25, 0.3) is 10.8 Å². The molecule has 3 aromatic carbocycles. The zero-order chi connectivity index (χ0) is 19.3. The number of nitriles is 1. The van der Waals surface area contributed by atoms with Crippen molar-refractivity contribution < 1.29 is 4.92 Å². The van der Waals surface area contributed by atoms with Crippen LogP contribution in [0.1, 0.15) is 35.1 Å². The minimum absolute atomic E-state index is 0.0280. The minimum atomic E-state index is -0.425. The highest BCUT2D eigenvalue weighted by Crippen LogP contribution is 2.52. The molecule has 28 heavy (non-hydrogen) atoms. The number of nitrogens with zero attached hydrogens (tertiary/aromatic N) is 2. The average Bonchev–Trinajstić information content (AvgIpc) is 3.22. The Morgan fingerprint density at radius 2 is 1.93 bits per heavy atom. The highest BCUT2D eigenvalue weighted by molar-refractivity contribution is 5.87. The van der Waals surface area contributed by atoms with Gasteiger partial charge in [-0.2, -0.15) is 5.26 Å². The third-order valence-electron chi connectivity index (χ3n) is 5.94. The van der Waals surface area contributed by atoms with Crippen molar-refractivity contribution in [2.75, 3.05) is 5.32 Å². The van der Waals surface area contributed by atoms with Gasteiger partial charge in [0.05, 0.1) is 22.2 Å². The fourth-order valence-electron chi connectivity index (χ4n) is 4.71. The molecule has 136 valence electrons. The normalized spacial score (nSPS) is 22.2. The van der Waals surface area contributed by atoms with Crippen molar-refractivity contribution in [1.82, 2.24) is 0 Å². The first-order chi connectivity index (χ1) is 13.7. The summed E-state index contributed by atoms with van der Waals surface area (Å²) in [5, 5.41) is 26.9. The molecule has 5 nitrogen and oxygen atoms in total. The molecule has 1 aliphatic heterocycles. The van der Waals surface area contributed by atoms with Gasteiger partial charge in [0.15, 0.2) is 0 Å². The van der Waals surface area contributed by atoms with Crippen molar-refractivity contribution in [1.29, 1.82) is 5.26 Å². The molecule has 0 radical (unpaired) electrons. The molecule has 1 heterocycles. The van der Waals surface area contributed by atoms with Crippen molar-refractivity contribution >= 4 is 22.1 Å². The molecule has 3 aromatic rings. The molecule has 0 fully saturated rings. The molecule has 0 aromatic heterocycles. The molecule has 1 aliphatic carbocycles. The van der Waals surface area contributed by atoms with E-state index in [4.69, 9.17) is 0 Å². The fourth-order valence-corrected chi connectivity index (χ4v) is 4.71. The number of fused-ring (bicyclic) bond motifs is 4. The van der Waals surface area contributed by atoms with Gasteiger partial charge in [-0.25, -0.2) is 0 Å². The van der Waals surface area contributed by atoms with Crippen LogP contribution in [0.2, 0.25) is 0 Å². The van der Waals surface area contributed by atoms with Gasteiger partial charge in [-0.1, -0.05) is 54.6 Å². The SMILES string of the molecule is N#Cc1cc([N+](=O)[O-])cc2c1N[C@@H](c1cccc3ccccc13)[C@H]1CC=C[C@@H]21. The lowest BCUT2D eigenvalue weighted by Crippen LogP contribution is -2.30. The van der Waals surface area contributed by atoms with Gasteiger partial charge in [0.2, 0.25) is 0 Å². The zero-order valence-electron chi connectivity index (χ0n) is 15.0. The van der Waals surface area contributed by atoms with E-state index in [0.717, 1.165) is 17.7 Å². The summed E-state index contributed by atoms with van der Waals surface area (Å²) in [4.78, 5) is 10.9. The van der Waals surface area contributed by atoms with Crippen molar-refractivity contribution in [2.45, 2.75) is 18.4 Å². The maximum atomic E-state index is 11.3. The molecular weight excluding hydrogens is 350 g/mol. The number of hydrogen-bond donors (Lipinski definition) is 1. The first-order valence-electron chi connectivity index (χ1n) is 9.30. The molecular formula is C23H17N3O2. The number of hydrogen-bond acceptors (Lipinski definition) is 4. The zero-order valence-corrected chi connectivity index (χ0v) is 15.0. The van der Waals surface area contributed by atoms with E-state index in [-0.39, 0.29) is 23.6 Å². The van der Waals surface area contributed by atoms with Crippen LogP contribution in [0, 0.1) is 27.4 Å². The smallest absolute Gasteiger partial charge is 0.271 e. The molecule has 2 aliphatic rings. The number of non-ortho nitro benzene ring substituents is 1. The second-order valence-corrected chi connectivity index (χ2v) is 7.37. The first kappa shape index (κ1) is 16.5. The van der Waals surface area contributed by atoms with Crippen LogP contribution in [0.15, 0.2) is 66.7 Å². The summed E-state index contributed by atoms with van der Waals surface area (Å²) in [6.07, 6.45) is 5.18. The Labute approximate surface area is 162 Å². The van der Waals surface area contributed by atoms with Crippen molar-refractivity contribution in [3.63, 3.8) is 0 Å². The summed E-state index contributed by atoms with van der Waals surface area (Å²) in [6.45, 7) is 0. The van der Waals surface area contributed by atoms with Gasteiger partial charge in [0, 0.05) is 18.1 Å². The third kappa shape index (κ3) is 2.39. The minimum Gasteiger partial charge on any atom is -0.377 e. The fraction of sp³-hybridized carbons (Fsp3) is 0.174. The molecule has 0 saturated heterocycles. The second-order valence-electron chi connectivity index (χ2n) is 7.37. The summed E-state index contributed by atoms with van der Waals surface area (Å²) >= 11 is 0. The summed E-state index contributed by atoms with van der Waals surface area (Å²) in [5.74, 6) is 0.319. The Morgan fingerprint density at radius 3 is 2.75 bits per heavy atom. The Kier molecular flexibility index (Phi) is 3.66. The largest absolute Gasteiger partial charge is 0.377 e. The molecule has 1 N–H and O–H groups in total. The van der Waals surface area contributed by atoms with Gasteiger partial charge >= 0.3 is 0 Å². The van der Waals surface area contributed by atoms with Crippen molar-refractivity contribution in [3.05, 3.63) is 93.6 Å². The number of nitro groups is 1. The number of anilines is 1. The highest BCUT2D eigenvalue weighted by atomic mass is 16.6. The quantitative estimate of drug-likeness (QED) is 0.371. The number of nitro benzene ring substituents is 1. The van der Waals surface area contributed by atoms with Crippen LogP contribution in [-0.4, -0.2) is 4.92 Å². The van der Waals surface area contributed by atoms with Crippen LogP contribution in [-0.2, 0) is 0 Å². The molecule has 5 rings (SSSR count). The van der Waals surface area contributed by atoms with Gasteiger partial charge in [0.1, 0.15) is 6.07 Å². The molecule has 0 saturated carbocycles. The van der Waals surface area contributed by atoms with Crippen LogP contribution < -0.4 is 5.32 Å². The van der Waals surface area contributed by atoms with E-state index in [1.54, 1.807) is 6.07 Å². The van der Waals surface area contributed by atoms with E-state index >= 15 is 0 Å². The molecule has 0 bridgehead atoms. The van der Waals surface area contributed by atoms with Gasteiger partial charge in [-0.05, 0) is 34.2 Å². The van der Waals surface area contributed by atoms with E-state index in [9.17, 15) is 15.4 Å².